The molecule has 34 heavy (non-hydrogen) atoms. The van der Waals surface area contributed by atoms with Crippen molar-refractivity contribution >= 4 is 16.8 Å². The molecule has 5 rings (SSSR count). The number of piperidine rings is 1. The van der Waals surface area contributed by atoms with Gasteiger partial charge in [0.2, 0.25) is 0 Å². The number of aromatic amines is 1. The molecule has 5 nitrogen and oxygen atoms in total. The second-order valence-corrected chi connectivity index (χ2v) is 10.3. The van der Waals surface area contributed by atoms with Crippen molar-refractivity contribution in [2.45, 2.75) is 65.2 Å². The van der Waals surface area contributed by atoms with Crippen LogP contribution in [0.3, 0.4) is 0 Å². The zero-order valence-electron chi connectivity index (χ0n) is 20.9. The largest absolute Gasteiger partial charge is 0.372 e. The molecule has 2 aromatic carbocycles. The summed E-state index contributed by atoms with van der Waals surface area (Å²) in [5.41, 5.74) is 7.30. The predicted molar refractivity (Wildman–Crippen MR) is 137 cm³/mol. The lowest BCUT2D eigenvalue weighted by Crippen LogP contribution is -2.48. The normalized spacial score (nSPS) is 22.4. The lowest BCUT2D eigenvalue weighted by Gasteiger charge is -2.36. The van der Waals surface area contributed by atoms with E-state index in [9.17, 15) is 4.79 Å². The molecule has 0 spiro atoms. The van der Waals surface area contributed by atoms with Gasteiger partial charge in [0.15, 0.2) is 0 Å². The van der Waals surface area contributed by atoms with Crippen molar-refractivity contribution < 1.29 is 9.53 Å². The maximum atomic E-state index is 13.7. The number of fused-ring (bicyclic) bond motifs is 1. The van der Waals surface area contributed by atoms with Crippen molar-refractivity contribution in [1.29, 1.82) is 0 Å². The van der Waals surface area contributed by atoms with Gasteiger partial charge in [0, 0.05) is 36.1 Å². The number of benzene rings is 2. The summed E-state index contributed by atoms with van der Waals surface area (Å²) in [7, 11) is 0. The number of carbonyl (C=O) groups excluding carboxylic acids is 1. The van der Waals surface area contributed by atoms with Crippen molar-refractivity contribution in [1.82, 2.24) is 14.8 Å². The molecule has 0 aliphatic carbocycles. The molecule has 2 fully saturated rings. The molecule has 0 radical (unpaired) electrons. The van der Waals surface area contributed by atoms with Crippen LogP contribution in [0.5, 0.6) is 0 Å². The second-order valence-electron chi connectivity index (χ2n) is 10.3. The van der Waals surface area contributed by atoms with Crippen molar-refractivity contribution in [2.75, 3.05) is 26.2 Å². The highest BCUT2D eigenvalue weighted by molar-refractivity contribution is 6.01. The Morgan fingerprint density at radius 1 is 0.971 bits per heavy atom. The summed E-state index contributed by atoms with van der Waals surface area (Å²) < 4.78 is 5.86. The Morgan fingerprint density at radius 3 is 2.29 bits per heavy atom. The molecule has 3 heterocycles. The van der Waals surface area contributed by atoms with E-state index in [0.29, 0.717) is 19.0 Å². The summed E-state index contributed by atoms with van der Waals surface area (Å²) in [6, 6.07) is 15.0. The van der Waals surface area contributed by atoms with Crippen LogP contribution in [0, 0.1) is 13.8 Å². The van der Waals surface area contributed by atoms with E-state index >= 15 is 0 Å². The van der Waals surface area contributed by atoms with Gasteiger partial charge < -0.3 is 14.6 Å². The van der Waals surface area contributed by atoms with Gasteiger partial charge in [0.1, 0.15) is 5.69 Å². The van der Waals surface area contributed by atoms with Crippen molar-refractivity contribution in [2.24, 2.45) is 0 Å². The maximum Gasteiger partial charge on any atom is 0.270 e. The first kappa shape index (κ1) is 23.1. The molecular formula is C29H37N3O2. The Morgan fingerprint density at radius 2 is 1.62 bits per heavy atom. The number of aromatic nitrogens is 1. The third kappa shape index (κ3) is 4.51. The van der Waals surface area contributed by atoms with Crippen LogP contribution >= 0.6 is 0 Å². The molecule has 2 saturated heterocycles. The Kier molecular flexibility index (Phi) is 6.50. The van der Waals surface area contributed by atoms with Gasteiger partial charge in [-0.05, 0) is 82.3 Å². The third-order valence-electron chi connectivity index (χ3n) is 7.65. The second kappa shape index (κ2) is 9.55. The number of rotatable bonds is 4. The minimum atomic E-state index is 0.0597. The van der Waals surface area contributed by atoms with Gasteiger partial charge in [-0.25, -0.2) is 0 Å². The number of carbonyl (C=O) groups is 1. The lowest BCUT2D eigenvalue weighted by molar-refractivity contribution is -0.0587. The fraction of sp³-hybridized carbons (Fsp3) is 0.483. The molecule has 1 N–H and O–H groups in total. The number of hydrogen-bond acceptors (Lipinski definition) is 3. The van der Waals surface area contributed by atoms with Crippen LogP contribution in [0.25, 0.3) is 10.9 Å². The summed E-state index contributed by atoms with van der Waals surface area (Å²) in [4.78, 5) is 21.6. The molecule has 2 atom stereocenters. The number of nitrogens with zero attached hydrogens (tertiary/aromatic N) is 2. The summed E-state index contributed by atoms with van der Waals surface area (Å²) in [5.74, 6) is 0.719. The van der Waals surface area contributed by atoms with Gasteiger partial charge in [-0.2, -0.15) is 0 Å². The predicted octanol–water partition coefficient (Wildman–Crippen LogP) is 5.41. The van der Waals surface area contributed by atoms with Crippen LogP contribution in [-0.4, -0.2) is 59.1 Å². The molecule has 5 heteroatoms. The zero-order chi connectivity index (χ0) is 23.8. The smallest absolute Gasteiger partial charge is 0.270 e. The topological polar surface area (TPSA) is 48.6 Å². The average molecular weight is 460 g/mol. The fourth-order valence-electron chi connectivity index (χ4n) is 6.12. The molecule has 0 unspecified atom stereocenters. The molecule has 180 valence electrons. The number of H-pyrrole nitrogens is 1. The van der Waals surface area contributed by atoms with E-state index in [4.69, 9.17) is 4.74 Å². The minimum Gasteiger partial charge on any atom is -0.372 e. The number of para-hydroxylation sites is 1. The van der Waals surface area contributed by atoms with E-state index in [0.717, 1.165) is 54.6 Å². The number of hydrogen-bond donors (Lipinski definition) is 1. The van der Waals surface area contributed by atoms with Gasteiger partial charge in [0.25, 0.3) is 5.91 Å². The molecular weight excluding hydrogens is 422 g/mol. The van der Waals surface area contributed by atoms with E-state index in [2.05, 4.69) is 60.1 Å². The van der Waals surface area contributed by atoms with Gasteiger partial charge in [-0.1, -0.05) is 36.4 Å². The van der Waals surface area contributed by atoms with Crippen LogP contribution in [0.2, 0.25) is 0 Å². The van der Waals surface area contributed by atoms with Crippen LogP contribution in [0.1, 0.15) is 65.3 Å². The molecule has 2 aliphatic heterocycles. The summed E-state index contributed by atoms with van der Waals surface area (Å²) in [6.07, 6.45) is 2.44. The van der Waals surface area contributed by atoms with Gasteiger partial charge in [0.05, 0.1) is 12.2 Å². The average Bonchev–Trinajstić information content (AvgIpc) is 3.17. The SMILES string of the molecule is Cc1cccc(C)c1C1CCN(Cc2c(C(=O)N3C[C@@H](C)O[C@@H](C)C3)[nH]c3ccccc23)CC1. The Labute approximate surface area is 203 Å². The van der Waals surface area contributed by atoms with Gasteiger partial charge in [-0.15, -0.1) is 0 Å². The Bertz CT molecular complexity index is 1150. The summed E-state index contributed by atoms with van der Waals surface area (Å²) in [5, 5.41) is 1.16. The minimum absolute atomic E-state index is 0.0597. The standard InChI is InChI=1S/C29H37N3O2/c1-19-8-7-9-20(2)27(19)23-12-14-31(15-13-23)18-25-24-10-5-6-11-26(24)30-28(25)29(33)32-16-21(3)34-22(4)17-32/h5-11,21-23,30H,12-18H2,1-4H3/t21-,22+. The lowest BCUT2D eigenvalue weighted by atomic mass is 9.84. The number of nitrogens with one attached hydrogen (secondary N) is 1. The first-order valence-electron chi connectivity index (χ1n) is 12.7. The van der Waals surface area contributed by atoms with Gasteiger partial charge in [-0.3, -0.25) is 9.69 Å². The van der Waals surface area contributed by atoms with Crippen molar-refractivity contribution in [3.8, 4) is 0 Å². The highest BCUT2D eigenvalue weighted by Gasteiger charge is 2.31. The monoisotopic (exact) mass is 459 g/mol. The number of likely N-dealkylation sites (tertiary alicyclic amines) is 1. The van der Waals surface area contributed by atoms with E-state index in [1.807, 2.05) is 24.8 Å². The molecule has 1 amide bonds. The number of amides is 1. The van der Waals surface area contributed by atoms with Crippen molar-refractivity contribution in [3.63, 3.8) is 0 Å². The number of ether oxygens (including phenoxy) is 1. The molecule has 1 aromatic heterocycles. The first-order chi connectivity index (χ1) is 16.4. The Balaban J connectivity index is 1.36. The molecule has 0 saturated carbocycles. The first-order valence-corrected chi connectivity index (χ1v) is 12.7. The van der Waals surface area contributed by atoms with E-state index in [1.165, 1.54) is 11.1 Å². The highest BCUT2D eigenvalue weighted by atomic mass is 16.5. The summed E-state index contributed by atoms with van der Waals surface area (Å²) >= 11 is 0. The van der Waals surface area contributed by atoms with Crippen LogP contribution < -0.4 is 0 Å². The number of aryl methyl sites for hydroxylation is 2. The molecule has 0 bridgehead atoms. The quantitative estimate of drug-likeness (QED) is 0.567. The molecule has 2 aliphatic rings. The maximum absolute atomic E-state index is 13.7. The van der Waals surface area contributed by atoms with Crippen LogP contribution in [0.4, 0.5) is 0 Å². The highest BCUT2D eigenvalue weighted by Crippen LogP contribution is 2.34. The fourth-order valence-corrected chi connectivity index (χ4v) is 6.12. The van der Waals surface area contributed by atoms with Crippen molar-refractivity contribution in [3.05, 3.63) is 70.4 Å². The Hall–Kier alpha value is -2.63. The zero-order valence-corrected chi connectivity index (χ0v) is 20.9. The van der Waals surface area contributed by atoms with Gasteiger partial charge >= 0.3 is 0 Å². The summed E-state index contributed by atoms with van der Waals surface area (Å²) in [6.45, 7) is 12.8. The van der Waals surface area contributed by atoms with Crippen LogP contribution in [-0.2, 0) is 11.3 Å². The van der Waals surface area contributed by atoms with Crippen LogP contribution in [0.15, 0.2) is 42.5 Å². The van der Waals surface area contributed by atoms with E-state index in [-0.39, 0.29) is 18.1 Å². The molecule has 3 aromatic rings. The third-order valence-corrected chi connectivity index (χ3v) is 7.65. The van der Waals surface area contributed by atoms with E-state index < -0.39 is 0 Å². The van der Waals surface area contributed by atoms with E-state index in [1.54, 1.807) is 5.56 Å². The number of morpholine rings is 1.